The third kappa shape index (κ3) is 2.46. The second kappa shape index (κ2) is 3.89. The monoisotopic (exact) mass is 214 g/mol. The molecule has 5 heteroatoms. The molecule has 15 heavy (non-hydrogen) atoms. The number of hydrogen-bond donors (Lipinski definition) is 0. The Morgan fingerprint density at radius 1 is 1.40 bits per heavy atom. The molecule has 1 heterocycles. The van der Waals surface area contributed by atoms with Crippen LogP contribution in [0.5, 0.6) is 0 Å². The van der Waals surface area contributed by atoms with Crippen LogP contribution in [0.3, 0.4) is 0 Å². The van der Waals surface area contributed by atoms with Gasteiger partial charge in [0.25, 0.3) is 0 Å². The van der Waals surface area contributed by atoms with Gasteiger partial charge in [-0.25, -0.2) is 4.85 Å². The highest BCUT2D eigenvalue weighted by Crippen LogP contribution is 2.33. The summed E-state index contributed by atoms with van der Waals surface area (Å²) < 4.78 is 36.9. The Bertz CT molecular complexity index is 402. The van der Waals surface area contributed by atoms with Crippen LogP contribution in [0.25, 0.3) is 4.85 Å². The van der Waals surface area contributed by atoms with Gasteiger partial charge in [-0.15, -0.1) is 0 Å². The Labute approximate surface area is 85.6 Å². The van der Waals surface area contributed by atoms with Gasteiger partial charge in [-0.1, -0.05) is 13.8 Å². The first kappa shape index (κ1) is 11.5. The summed E-state index contributed by atoms with van der Waals surface area (Å²) in [6.45, 7) is 10.4. The molecule has 80 valence electrons. The molecule has 0 aromatic carbocycles. The summed E-state index contributed by atoms with van der Waals surface area (Å²) in [4.78, 5) is 6.74. The van der Waals surface area contributed by atoms with Crippen molar-refractivity contribution < 1.29 is 13.2 Å². The van der Waals surface area contributed by atoms with Crippen molar-refractivity contribution in [2.75, 3.05) is 0 Å². The zero-order chi connectivity index (χ0) is 11.6. The van der Waals surface area contributed by atoms with Crippen LogP contribution >= 0.6 is 0 Å². The Hall–Kier alpha value is -1.57. The lowest BCUT2D eigenvalue weighted by atomic mass is 10.1. The van der Waals surface area contributed by atoms with Crippen LogP contribution in [0.15, 0.2) is 12.3 Å². The highest BCUT2D eigenvalue weighted by atomic mass is 19.4. The van der Waals surface area contributed by atoms with Crippen LogP contribution in [0.2, 0.25) is 0 Å². The molecule has 0 radical (unpaired) electrons. The van der Waals surface area contributed by atoms with Gasteiger partial charge >= 0.3 is 6.18 Å². The molecule has 0 aliphatic carbocycles. The summed E-state index contributed by atoms with van der Waals surface area (Å²) in [6.07, 6.45) is -3.67. The Morgan fingerprint density at radius 3 is 2.40 bits per heavy atom. The maximum Gasteiger partial charge on any atom is 0.416 e. The van der Waals surface area contributed by atoms with Gasteiger partial charge in [-0.2, -0.15) is 13.2 Å². The third-order valence-corrected chi connectivity index (χ3v) is 1.89. The number of hydrogen-bond acceptors (Lipinski definition) is 1. The van der Waals surface area contributed by atoms with Crippen molar-refractivity contribution in [2.24, 2.45) is 0 Å². The summed E-state index contributed by atoms with van der Waals surface area (Å²) >= 11 is 0. The fraction of sp³-hybridized carbons (Fsp3) is 0.400. The Morgan fingerprint density at radius 2 is 2.00 bits per heavy atom. The van der Waals surface area contributed by atoms with E-state index in [1.807, 2.05) is 0 Å². The molecule has 1 rings (SSSR count). The number of pyridine rings is 1. The van der Waals surface area contributed by atoms with E-state index in [1.165, 1.54) is 0 Å². The highest BCUT2D eigenvalue weighted by Gasteiger charge is 2.31. The van der Waals surface area contributed by atoms with Crippen molar-refractivity contribution in [3.63, 3.8) is 0 Å². The number of halogens is 3. The van der Waals surface area contributed by atoms with Gasteiger partial charge in [0.1, 0.15) is 0 Å². The molecule has 0 amide bonds. The smallest absolute Gasteiger partial charge is 0.272 e. The highest BCUT2D eigenvalue weighted by molar-refractivity contribution is 5.52. The zero-order valence-corrected chi connectivity index (χ0v) is 8.26. The van der Waals surface area contributed by atoms with Crippen molar-refractivity contribution >= 4 is 5.69 Å². The van der Waals surface area contributed by atoms with Gasteiger partial charge in [0, 0.05) is 11.9 Å². The average Bonchev–Trinajstić information content (AvgIpc) is 2.15. The lowest BCUT2D eigenvalue weighted by Gasteiger charge is -2.10. The van der Waals surface area contributed by atoms with E-state index in [0.29, 0.717) is 5.69 Å². The van der Waals surface area contributed by atoms with Crippen LogP contribution < -0.4 is 0 Å². The molecule has 1 aromatic rings. The van der Waals surface area contributed by atoms with Gasteiger partial charge in [-0.05, 0) is 12.0 Å². The van der Waals surface area contributed by atoms with E-state index in [0.717, 1.165) is 12.3 Å². The Kier molecular flexibility index (Phi) is 2.98. The summed E-state index contributed by atoms with van der Waals surface area (Å²) in [5.74, 6) is -0.0589. The molecule has 0 unspecified atom stereocenters. The van der Waals surface area contributed by atoms with Crippen LogP contribution in [0.4, 0.5) is 18.9 Å². The maximum absolute atomic E-state index is 12.3. The lowest BCUT2D eigenvalue weighted by molar-refractivity contribution is -0.137. The van der Waals surface area contributed by atoms with Crippen molar-refractivity contribution in [3.05, 3.63) is 34.9 Å². The molecule has 0 spiro atoms. The van der Waals surface area contributed by atoms with Crippen LogP contribution in [0.1, 0.15) is 31.0 Å². The normalized spacial score (nSPS) is 11.5. The van der Waals surface area contributed by atoms with E-state index in [4.69, 9.17) is 6.57 Å². The van der Waals surface area contributed by atoms with Crippen LogP contribution in [-0.4, -0.2) is 4.98 Å². The zero-order valence-electron chi connectivity index (χ0n) is 8.26. The predicted octanol–water partition coefficient (Wildman–Crippen LogP) is 3.77. The molecule has 0 N–H and O–H groups in total. The van der Waals surface area contributed by atoms with E-state index in [-0.39, 0.29) is 11.6 Å². The van der Waals surface area contributed by atoms with Gasteiger partial charge < -0.3 is 0 Å². The number of alkyl halides is 3. The third-order valence-electron chi connectivity index (χ3n) is 1.89. The summed E-state index contributed by atoms with van der Waals surface area (Å²) in [5.41, 5.74) is -0.504. The maximum atomic E-state index is 12.3. The summed E-state index contributed by atoms with van der Waals surface area (Å²) in [7, 11) is 0. The first-order valence-electron chi connectivity index (χ1n) is 4.31. The lowest BCUT2D eigenvalue weighted by Crippen LogP contribution is -2.06. The number of rotatable bonds is 1. The van der Waals surface area contributed by atoms with Gasteiger partial charge in [0.15, 0.2) is 0 Å². The van der Waals surface area contributed by atoms with Crippen molar-refractivity contribution in [1.29, 1.82) is 0 Å². The van der Waals surface area contributed by atoms with Gasteiger partial charge in [0.2, 0.25) is 5.69 Å². The van der Waals surface area contributed by atoms with Crippen molar-refractivity contribution in [3.8, 4) is 0 Å². The molecule has 1 aromatic heterocycles. The minimum atomic E-state index is -4.44. The first-order chi connectivity index (χ1) is 6.86. The van der Waals surface area contributed by atoms with E-state index in [2.05, 4.69) is 9.83 Å². The molecule has 2 nitrogen and oxygen atoms in total. The molecular weight excluding hydrogens is 205 g/mol. The standard InChI is InChI=1S/C10H9F3N2/c1-6(2)9-8(14-3)4-7(5-15-9)10(11,12)13/h4-6H,1-2H3. The number of aromatic nitrogens is 1. The average molecular weight is 214 g/mol. The molecule has 0 aliphatic rings. The van der Waals surface area contributed by atoms with E-state index in [9.17, 15) is 13.2 Å². The minimum absolute atomic E-state index is 0.0279. The van der Waals surface area contributed by atoms with Crippen molar-refractivity contribution in [1.82, 2.24) is 4.98 Å². The van der Waals surface area contributed by atoms with Crippen molar-refractivity contribution in [2.45, 2.75) is 25.9 Å². The first-order valence-corrected chi connectivity index (χ1v) is 4.31. The second-order valence-electron chi connectivity index (χ2n) is 3.39. The molecule has 0 saturated heterocycles. The molecular formula is C10H9F3N2. The second-order valence-corrected chi connectivity index (χ2v) is 3.39. The molecule has 0 atom stereocenters. The molecule has 0 bridgehead atoms. The van der Waals surface area contributed by atoms with Crippen LogP contribution in [0, 0.1) is 6.57 Å². The minimum Gasteiger partial charge on any atom is -0.272 e. The van der Waals surface area contributed by atoms with Gasteiger partial charge in [0.05, 0.1) is 12.1 Å². The van der Waals surface area contributed by atoms with Crippen LogP contribution in [-0.2, 0) is 6.18 Å². The predicted molar refractivity (Wildman–Crippen MR) is 49.6 cm³/mol. The van der Waals surface area contributed by atoms with E-state index >= 15 is 0 Å². The fourth-order valence-corrected chi connectivity index (χ4v) is 1.15. The summed E-state index contributed by atoms with van der Waals surface area (Å²) in [5, 5.41) is 0. The van der Waals surface area contributed by atoms with E-state index < -0.39 is 11.7 Å². The SMILES string of the molecule is [C-]#[N+]c1cc(C(F)(F)F)cnc1C(C)C. The fourth-order valence-electron chi connectivity index (χ4n) is 1.15. The van der Waals surface area contributed by atoms with E-state index in [1.54, 1.807) is 13.8 Å². The van der Waals surface area contributed by atoms with Gasteiger partial charge in [-0.3, -0.25) is 4.98 Å². The summed E-state index contributed by atoms with van der Waals surface area (Å²) in [6, 6.07) is 0.843. The molecule has 0 aliphatic heterocycles. The molecule has 0 saturated carbocycles. The topological polar surface area (TPSA) is 17.2 Å². The number of nitrogens with zero attached hydrogens (tertiary/aromatic N) is 2. The Balaban J connectivity index is 3.27. The largest absolute Gasteiger partial charge is 0.416 e. The quantitative estimate of drug-likeness (QED) is 0.650. The molecule has 0 fully saturated rings.